The summed E-state index contributed by atoms with van der Waals surface area (Å²) in [4.78, 5) is 0. The van der Waals surface area contributed by atoms with Crippen molar-refractivity contribution in [2.24, 2.45) is 0 Å². The Bertz CT molecular complexity index is 709. The summed E-state index contributed by atoms with van der Waals surface area (Å²) in [5.74, 6) is 0. The van der Waals surface area contributed by atoms with Gasteiger partial charge < -0.3 is 9.84 Å². The number of halogens is 6. The summed E-state index contributed by atoms with van der Waals surface area (Å²) >= 11 is 0. The smallest absolute Gasteiger partial charge is 0.391 e. The molecule has 2 aromatic rings. The summed E-state index contributed by atoms with van der Waals surface area (Å²) in [6.45, 7) is 0.321. The quantitative estimate of drug-likeness (QED) is 0.662. The van der Waals surface area contributed by atoms with Gasteiger partial charge in [0.05, 0.1) is 12.7 Å². The Labute approximate surface area is 152 Å². The molecule has 0 saturated heterocycles. The van der Waals surface area contributed by atoms with Gasteiger partial charge >= 0.3 is 12.4 Å². The van der Waals surface area contributed by atoms with E-state index in [-0.39, 0.29) is 6.42 Å². The van der Waals surface area contributed by atoms with Crippen LogP contribution in [0, 0.1) is 0 Å². The van der Waals surface area contributed by atoms with Crippen LogP contribution in [0.3, 0.4) is 0 Å². The van der Waals surface area contributed by atoms with E-state index in [1.165, 1.54) is 19.1 Å². The highest BCUT2D eigenvalue weighted by atomic mass is 19.4. The zero-order valence-corrected chi connectivity index (χ0v) is 14.3. The van der Waals surface area contributed by atoms with Crippen molar-refractivity contribution in [1.29, 1.82) is 0 Å². The van der Waals surface area contributed by atoms with E-state index in [0.717, 1.165) is 12.1 Å². The van der Waals surface area contributed by atoms with Crippen LogP contribution in [0.4, 0.5) is 26.3 Å². The van der Waals surface area contributed by atoms with E-state index in [1.54, 1.807) is 30.3 Å². The average molecular weight is 392 g/mol. The van der Waals surface area contributed by atoms with Crippen molar-refractivity contribution in [3.8, 4) is 11.1 Å². The van der Waals surface area contributed by atoms with Crippen LogP contribution < -0.4 is 0 Å². The Hall–Kier alpha value is -2.06. The zero-order valence-electron chi connectivity index (χ0n) is 14.3. The lowest BCUT2D eigenvalue weighted by atomic mass is 9.90. The van der Waals surface area contributed by atoms with Crippen LogP contribution >= 0.6 is 0 Å². The maximum atomic E-state index is 13.6. The summed E-state index contributed by atoms with van der Waals surface area (Å²) < 4.78 is 86.0. The molecule has 0 heterocycles. The second-order valence-corrected chi connectivity index (χ2v) is 5.99. The molecule has 1 unspecified atom stereocenters. The van der Waals surface area contributed by atoms with Crippen molar-refractivity contribution in [3.63, 3.8) is 0 Å². The van der Waals surface area contributed by atoms with E-state index < -0.39 is 36.2 Å². The molecule has 0 spiro atoms. The Morgan fingerprint density at radius 1 is 0.815 bits per heavy atom. The van der Waals surface area contributed by atoms with E-state index in [9.17, 15) is 31.4 Å². The SMILES string of the molecule is CCC(O)COC(c1ccc(-c2ccccc2)cc1)(C(F)(F)F)C(F)(F)F. The van der Waals surface area contributed by atoms with Crippen molar-refractivity contribution in [2.45, 2.75) is 37.4 Å². The van der Waals surface area contributed by atoms with Gasteiger partial charge in [0, 0.05) is 5.56 Å². The summed E-state index contributed by atoms with van der Waals surface area (Å²) in [6, 6.07) is 12.4. The van der Waals surface area contributed by atoms with Crippen molar-refractivity contribution in [2.75, 3.05) is 6.61 Å². The van der Waals surface area contributed by atoms with Crippen LogP contribution in [0.2, 0.25) is 0 Å². The Morgan fingerprint density at radius 2 is 1.30 bits per heavy atom. The minimum atomic E-state index is -5.77. The van der Waals surface area contributed by atoms with Crippen LogP contribution in [-0.4, -0.2) is 30.2 Å². The molecule has 2 nitrogen and oxygen atoms in total. The Balaban J connectivity index is 2.52. The monoisotopic (exact) mass is 392 g/mol. The fourth-order valence-electron chi connectivity index (χ4n) is 2.60. The van der Waals surface area contributed by atoms with Crippen LogP contribution in [0.1, 0.15) is 18.9 Å². The number of ether oxygens (including phenoxy) is 1. The predicted molar refractivity (Wildman–Crippen MR) is 87.9 cm³/mol. The fraction of sp³-hybridized carbons (Fsp3) is 0.368. The van der Waals surface area contributed by atoms with Crippen LogP contribution in [0.25, 0.3) is 11.1 Å². The molecular formula is C19H18F6O2. The molecule has 0 aliphatic carbocycles. The second kappa shape index (κ2) is 7.90. The molecule has 1 N–H and O–H groups in total. The number of rotatable bonds is 6. The van der Waals surface area contributed by atoms with Crippen LogP contribution in [0.5, 0.6) is 0 Å². The molecule has 27 heavy (non-hydrogen) atoms. The van der Waals surface area contributed by atoms with Gasteiger partial charge in [-0.2, -0.15) is 26.3 Å². The molecule has 0 fully saturated rings. The number of hydrogen-bond donors (Lipinski definition) is 1. The highest BCUT2D eigenvalue weighted by molar-refractivity contribution is 5.63. The first-order chi connectivity index (χ1) is 12.5. The van der Waals surface area contributed by atoms with Gasteiger partial charge in [-0.25, -0.2) is 0 Å². The normalized spacial score (nSPS) is 14.2. The second-order valence-electron chi connectivity index (χ2n) is 5.99. The number of alkyl halides is 6. The predicted octanol–water partition coefficient (Wildman–Crippen LogP) is 5.46. The molecule has 2 rings (SSSR count). The molecule has 1 atom stereocenters. The Morgan fingerprint density at radius 3 is 1.74 bits per heavy atom. The average Bonchev–Trinajstić information content (AvgIpc) is 2.61. The molecule has 0 amide bonds. The van der Waals surface area contributed by atoms with E-state index in [0.29, 0.717) is 11.1 Å². The highest BCUT2D eigenvalue weighted by Crippen LogP contribution is 2.53. The third kappa shape index (κ3) is 4.27. The fourth-order valence-corrected chi connectivity index (χ4v) is 2.60. The molecule has 0 aliphatic heterocycles. The molecule has 2 aromatic carbocycles. The summed E-state index contributed by atoms with van der Waals surface area (Å²) in [5, 5.41) is 9.43. The Kier molecular flexibility index (Phi) is 6.21. The van der Waals surface area contributed by atoms with Gasteiger partial charge in [-0.1, -0.05) is 61.5 Å². The van der Waals surface area contributed by atoms with Crippen molar-refractivity contribution in [1.82, 2.24) is 0 Å². The van der Waals surface area contributed by atoms with Crippen molar-refractivity contribution < 1.29 is 36.2 Å². The van der Waals surface area contributed by atoms with Gasteiger partial charge in [0.2, 0.25) is 0 Å². The van der Waals surface area contributed by atoms with E-state index >= 15 is 0 Å². The highest BCUT2D eigenvalue weighted by Gasteiger charge is 2.73. The summed E-state index contributed by atoms with van der Waals surface area (Å²) in [6.07, 6.45) is -13.0. The van der Waals surface area contributed by atoms with Gasteiger partial charge in [0.15, 0.2) is 0 Å². The molecule has 0 aromatic heterocycles. The zero-order chi connectivity index (χ0) is 20.3. The number of aliphatic hydroxyl groups is 1. The number of benzene rings is 2. The lowest BCUT2D eigenvalue weighted by molar-refractivity contribution is -0.392. The minimum Gasteiger partial charge on any atom is -0.391 e. The molecule has 0 saturated carbocycles. The van der Waals surface area contributed by atoms with E-state index in [4.69, 9.17) is 0 Å². The standard InChI is InChI=1S/C19H18F6O2/c1-2-16(26)12-27-17(18(20,21)22,19(23,24)25)15-10-8-14(9-11-15)13-6-4-3-5-7-13/h3-11,16,26H,2,12H2,1H3. The van der Waals surface area contributed by atoms with E-state index in [1.807, 2.05) is 0 Å². The third-order valence-electron chi connectivity index (χ3n) is 4.16. The van der Waals surface area contributed by atoms with Crippen LogP contribution in [0.15, 0.2) is 54.6 Å². The van der Waals surface area contributed by atoms with Crippen LogP contribution in [-0.2, 0) is 10.3 Å². The molecule has 0 radical (unpaired) electrons. The maximum Gasteiger partial charge on any atom is 0.430 e. The van der Waals surface area contributed by atoms with Crippen molar-refractivity contribution >= 4 is 0 Å². The molecular weight excluding hydrogens is 374 g/mol. The molecule has 0 bridgehead atoms. The van der Waals surface area contributed by atoms with Crippen molar-refractivity contribution in [3.05, 3.63) is 60.2 Å². The lowest BCUT2D eigenvalue weighted by Gasteiger charge is -2.38. The molecule has 0 aliphatic rings. The summed E-state index contributed by atoms with van der Waals surface area (Å²) in [7, 11) is 0. The van der Waals surface area contributed by atoms with E-state index in [2.05, 4.69) is 4.74 Å². The maximum absolute atomic E-state index is 13.6. The minimum absolute atomic E-state index is 0.0429. The van der Waals surface area contributed by atoms with Gasteiger partial charge in [-0.15, -0.1) is 0 Å². The molecule has 8 heteroatoms. The first kappa shape index (κ1) is 21.2. The molecule has 148 valence electrons. The van der Waals surface area contributed by atoms with Gasteiger partial charge in [0.1, 0.15) is 0 Å². The lowest BCUT2D eigenvalue weighted by Crippen LogP contribution is -2.56. The third-order valence-corrected chi connectivity index (χ3v) is 4.16. The first-order valence-electron chi connectivity index (χ1n) is 8.14. The summed E-state index contributed by atoms with van der Waals surface area (Å²) in [5.41, 5.74) is -4.50. The number of hydrogen-bond acceptors (Lipinski definition) is 2. The first-order valence-corrected chi connectivity index (χ1v) is 8.14. The largest absolute Gasteiger partial charge is 0.430 e. The topological polar surface area (TPSA) is 29.5 Å². The van der Waals surface area contributed by atoms with Gasteiger partial charge in [-0.05, 0) is 17.5 Å². The van der Waals surface area contributed by atoms with Gasteiger partial charge in [0.25, 0.3) is 5.60 Å². The van der Waals surface area contributed by atoms with Gasteiger partial charge in [-0.3, -0.25) is 0 Å². The number of aliphatic hydroxyl groups excluding tert-OH is 1.